The smallest absolute Gasteiger partial charge is 0.146 e. The summed E-state index contributed by atoms with van der Waals surface area (Å²) in [5.41, 5.74) is 0.815. The number of benzene rings is 1. The molecule has 0 aliphatic heterocycles. The molecule has 0 fully saturated rings. The highest BCUT2D eigenvalue weighted by Crippen LogP contribution is 2.25. The van der Waals surface area contributed by atoms with E-state index in [9.17, 15) is 8.78 Å². The molecule has 0 saturated heterocycles. The van der Waals surface area contributed by atoms with Crippen molar-refractivity contribution in [2.45, 2.75) is 27.2 Å². The monoisotopic (exact) mass is 292 g/mol. The molecule has 0 atom stereocenters. The largest absolute Gasteiger partial charge is 0.370 e. The second-order valence-corrected chi connectivity index (χ2v) is 4.77. The van der Waals surface area contributed by atoms with Crippen LogP contribution in [0.25, 0.3) is 0 Å². The molecule has 1 heterocycles. The Bertz CT molecular complexity index is 644. The van der Waals surface area contributed by atoms with E-state index < -0.39 is 11.6 Å². The van der Waals surface area contributed by atoms with Crippen molar-refractivity contribution < 1.29 is 8.78 Å². The van der Waals surface area contributed by atoms with Gasteiger partial charge < -0.3 is 10.6 Å². The van der Waals surface area contributed by atoms with Crippen molar-refractivity contribution in [2.24, 2.45) is 0 Å². The zero-order chi connectivity index (χ0) is 15.4. The number of aryl methyl sites for hydroxylation is 1. The number of nitrogens with one attached hydrogen (secondary N) is 2. The summed E-state index contributed by atoms with van der Waals surface area (Å²) in [5, 5.41) is 6.03. The molecular weight excluding hydrogens is 274 g/mol. The average molecular weight is 292 g/mol. The molecule has 0 bridgehead atoms. The summed E-state index contributed by atoms with van der Waals surface area (Å²) in [7, 11) is 0. The molecule has 4 nitrogen and oxygen atoms in total. The molecule has 0 unspecified atom stereocenters. The Morgan fingerprint density at radius 2 is 1.81 bits per heavy atom. The highest BCUT2D eigenvalue weighted by Gasteiger charge is 2.11. The van der Waals surface area contributed by atoms with Crippen molar-refractivity contribution in [1.29, 1.82) is 0 Å². The van der Waals surface area contributed by atoms with E-state index in [1.54, 1.807) is 6.92 Å². The SMILES string of the molecule is CCCNc1nc(C)nc(Nc2cc(F)ccc2F)c1C. The number of halogens is 2. The standard InChI is InChI=1S/C15H18F2N4/c1-4-7-18-14-9(2)15(20-10(3)19-14)21-13-8-11(16)5-6-12(13)17/h5-6,8H,4,7H2,1-3H3,(H2,18,19,20,21). The van der Waals surface area contributed by atoms with Gasteiger partial charge in [-0.2, -0.15) is 0 Å². The Kier molecular flexibility index (Phi) is 4.67. The van der Waals surface area contributed by atoms with Crippen molar-refractivity contribution in [2.75, 3.05) is 17.2 Å². The molecule has 112 valence electrons. The molecule has 2 aromatic rings. The van der Waals surface area contributed by atoms with Gasteiger partial charge >= 0.3 is 0 Å². The first kappa shape index (κ1) is 15.2. The lowest BCUT2D eigenvalue weighted by Gasteiger charge is -2.14. The van der Waals surface area contributed by atoms with Crippen LogP contribution in [-0.4, -0.2) is 16.5 Å². The van der Waals surface area contributed by atoms with Crippen LogP contribution in [0.1, 0.15) is 24.7 Å². The summed E-state index contributed by atoms with van der Waals surface area (Å²) in [6, 6.07) is 3.26. The molecule has 1 aromatic heterocycles. The van der Waals surface area contributed by atoms with E-state index in [0.29, 0.717) is 17.5 Å². The fourth-order valence-electron chi connectivity index (χ4n) is 1.89. The molecule has 0 saturated carbocycles. The molecular formula is C15H18F2N4. The number of aromatic nitrogens is 2. The van der Waals surface area contributed by atoms with Gasteiger partial charge in [0.05, 0.1) is 5.69 Å². The second-order valence-electron chi connectivity index (χ2n) is 4.77. The van der Waals surface area contributed by atoms with Gasteiger partial charge in [-0.25, -0.2) is 18.7 Å². The van der Waals surface area contributed by atoms with E-state index in [-0.39, 0.29) is 5.69 Å². The Hall–Kier alpha value is -2.24. The first-order valence-electron chi connectivity index (χ1n) is 6.82. The van der Waals surface area contributed by atoms with Crippen molar-refractivity contribution in [3.05, 3.63) is 41.2 Å². The van der Waals surface area contributed by atoms with E-state index in [2.05, 4.69) is 27.5 Å². The third-order valence-corrected chi connectivity index (χ3v) is 2.98. The molecule has 1 aromatic carbocycles. The fourth-order valence-corrected chi connectivity index (χ4v) is 1.89. The Morgan fingerprint density at radius 1 is 1.10 bits per heavy atom. The van der Waals surface area contributed by atoms with Gasteiger partial charge in [0.1, 0.15) is 29.1 Å². The van der Waals surface area contributed by atoms with Crippen molar-refractivity contribution in [3.63, 3.8) is 0 Å². The van der Waals surface area contributed by atoms with Crippen LogP contribution in [-0.2, 0) is 0 Å². The molecule has 2 rings (SSSR count). The lowest BCUT2D eigenvalue weighted by molar-refractivity contribution is 0.603. The van der Waals surface area contributed by atoms with Crippen LogP contribution in [0.15, 0.2) is 18.2 Å². The summed E-state index contributed by atoms with van der Waals surface area (Å²) in [6.07, 6.45) is 0.962. The van der Waals surface area contributed by atoms with Crippen LogP contribution < -0.4 is 10.6 Å². The first-order valence-corrected chi connectivity index (χ1v) is 6.82. The van der Waals surface area contributed by atoms with Crippen molar-refractivity contribution >= 4 is 17.3 Å². The summed E-state index contributed by atoms with van der Waals surface area (Å²) >= 11 is 0. The van der Waals surface area contributed by atoms with Crippen LogP contribution in [0.2, 0.25) is 0 Å². The minimum Gasteiger partial charge on any atom is -0.370 e. The van der Waals surface area contributed by atoms with Gasteiger partial charge in [0.15, 0.2) is 0 Å². The fraction of sp³-hybridized carbons (Fsp3) is 0.333. The minimum absolute atomic E-state index is 0.0534. The number of hydrogen-bond acceptors (Lipinski definition) is 4. The zero-order valence-corrected chi connectivity index (χ0v) is 12.3. The van der Waals surface area contributed by atoms with Crippen LogP contribution in [0.4, 0.5) is 26.1 Å². The zero-order valence-electron chi connectivity index (χ0n) is 12.3. The van der Waals surface area contributed by atoms with Crippen molar-refractivity contribution in [1.82, 2.24) is 9.97 Å². The maximum atomic E-state index is 13.7. The highest BCUT2D eigenvalue weighted by molar-refractivity contribution is 5.65. The quantitative estimate of drug-likeness (QED) is 0.876. The van der Waals surface area contributed by atoms with E-state index in [0.717, 1.165) is 36.7 Å². The topological polar surface area (TPSA) is 49.8 Å². The number of rotatable bonds is 5. The van der Waals surface area contributed by atoms with Crippen molar-refractivity contribution in [3.8, 4) is 0 Å². The molecule has 6 heteroatoms. The summed E-state index contributed by atoms with van der Waals surface area (Å²) in [4.78, 5) is 8.58. The van der Waals surface area contributed by atoms with Gasteiger partial charge in [-0.1, -0.05) is 6.92 Å². The molecule has 0 spiro atoms. The number of anilines is 3. The Balaban J connectivity index is 2.35. The normalized spacial score (nSPS) is 10.5. The number of hydrogen-bond donors (Lipinski definition) is 2. The molecule has 0 aliphatic rings. The van der Waals surface area contributed by atoms with Gasteiger partial charge in [-0.15, -0.1) is 0 Å². The Labute approximate surface area is 122 Å². The number of nitrogens with zero attached hydrogens (tertiary/aromatic N) is 2. The predicted molar refractivity (Wildman–Crippen MR) is 79.9 cm³/mol. The Morgan fingerprint density at radius 3 is 2.52 bits per heavy atom. The minimum atomic E-state index is -0.532. The molecule has 0 aliphatic carbocycles. The maximum absolute atomic E-state index is 13.7. The van der Waals surface area contributed by atoms with Gasteiger partial charge in [-0.3, -0.25) is 0 Å². The first-order chi connectivity index (χ1) is 10.0. The predicted octanol–water partition coefficient (Wildman–Crippen LogP) is 3.94. The van der Waals surface area contributed by atoms with E-state index in [4.69, 9.17) is 0 Å². The van der Waals surface area contributed by atoms with Crippen LogP contribution >= 0.6 is 0 Å². The lowest BCUT2D eigenvalue weighted by Crippen LogP contribution is -2.09. The summed E-state index contributed by atoms with van der Waals surface area (Å²) in [5.74, 6) is 0.676. The molecule has 0 radical (unpaired) electrons. The highest BCUT2D eigenvalue weighted by atomic mass is 19.1. The molecule has 2 N–H and O–H groups in total. The van der Waals surface area contributed by atoms with E-state index >= 15 is 0 Å². The molecule has 0 amide bonds. The van der Waals surface area contributed by atoms with Crippen LogP contribution in [0.5, 0.6) is 0 Å². The second kappa shape index (κ2) is 6.47. The third kappa shape index (κ3) is 3.65. The average Bonchev–Trinajstić information content (AvgIpc) is 2.44. The molecule has 21 heavy (non-hydrogen) atoms. The van der Waals surface area contributed by atoms with Gasteiger partial charge in [-0.05, 0) is 32.4 Å². The van der Waals surface area contributed by atoms with Gasteiger partial charge in [0, 0.05) is 18.2 Å². The lowest BCUT2D eigenvalue weighted by atomic mass is 10.2. The third-order valence-electron chi connectivity index (χ3n) is 2.98. The summed E-state index contributed by atoms with van der Waals surface area (Å²) < 4.78 is 26.9. The maximum Gasteiger partial charge on any atom is 0.146 e. The van der Waals surface area contributed by atoms with Crippen LogP contribution in [0, 0.1) is 25.5 Å². The van der Waals surface area contributed by atoms with E-state index in [1.165, 1.54) is 0 Å². The van der Waals surface area contributed by atoms with Crippen LogP contribution in [0.3, 0.4) is 0 Å². The van der Waals surface area contributed by atoms with Gasteiger partial charge in [0.25, 0.3) is 0 Å². The summed E-state index contributed by atoms with van der Waals surface area (Å²) in [6.45, 7) is 6.42. The van der Waals surface area contributed by atoms with E-state index in [1.807, 2.05) is 6.92 Å². The van der Waals surface area contributed by atoms with Gasteiger partial charge in [0.2, 0.25) is 0 Å².